The van der Waals surface area contributed by atoms with Gasteiger partial charge in [-0.15, -0.1) is 0 Å². The molecule has 0 bridgehead atoms. The Morgan fingerprint density at radius 1 is 1.17 bits per heavy atom. The van der Waals surface area contributed by atoms with Gasteiger partial charge in [0.15, 0.2) is 0 Å². The van der Waals surface area contributed by atoms with Crippen LogP contribution in [0.15, 0.2) is 46.9 Å². The summed E-state index contributed by atoms with van der Waals surface area (Å²) < 4.78 is 14.8. The average molecular weight is 420 g/mol. The van der Waals surface area contributed by atoms with Crippen molar-refractivity contribution >= 4 is 50.1 Å². The van der Waals surface area contributed by atoms with Crippen LogP contribution >= 0.6 is 38.5 Å². The van der Waals surface area contributed by atoms with Gasteiger partial charge in [0, 0.05) is 19.3 Å². The third-order valence-electron chi connectivity index (χ3n) is 2.23. The van der Waals surface area contributed by atoms with Crippen LogP contribution in [0.1, 0.15) is 10.4 Å². The summed E-state index contributed by atoms with van der Waals surface area (Å²) in [6, 6.07) is 11.5. The number of amides is 1. The zero-order chi connectivity index (χ0) is 13.1. The molecule has 0 atom stereocenters. The van der Waals surface area contributed by atoms with Gasteiger partial charge in [-0.05, 0) is 65.1 Å². The van der Waals surface area contributed by atoms with Gasteiger partial charge in [0.1, 0.15) is 5.82 Å². The monoisotopic (exact) mass is 419 g/mol. The molecule has 1 N–H and O–H groups in total. The van der Waals surface area contributed by atoms with E-state index in [4.69, 9.17) is 0 Å². The maximum atomic E-state index is 13.2. The molecule has 2 rings (SSSR count). The molecule has 0 aliphatic carbocycles. The fraction of sp³-hybridized carbons (Fsp3) is 0. The molecule has 0 unspecified atom stereocenters. The van der Waals surface area contributed by atoms with Gasteiger partial charge in [-0.1, -0.05) is 15.9 Å². The first kappa shape index (κ1) is 13.5. The van der Waals surface area contributed by atoms with Crippen LogP contribution in [0.2, 0.25) is 0 Å². The number of rotatable bonds is 2. The van der Waals surface area contributed by atoms with Crippen molar-refractivity contribution in [1.82, 2.24) is 0 Å². The van der Waals surface area contributed by atoms with E-state index in [9.17, 15) is 9.18 Å². The van der Waals surface area contributed by atoms with Crippen molar-refractivity contribution in [2.24, 2.45) is 0 Å². The predicted octanol–water partition coefficient (Wildman–Crippen LogP) is 4.45. The average Bonchev–Trinajstić information content (AvgIpc) is 2.31. The van der Waals surface area contributed by atoms with Crippen LogP contribution < -0.4 is 5.32 Å². The van der Waals surface area contributed by atoms with Gasteiger partial charge in [-0.2, -0.15) is 0 Å². The second-order valence-electron chi connectivity index (χ2n) is 3.62. The molecule has 0 aliphatic rings. The van der Waals surface area contributed by atoms with Crippen LogP contribution in [-0.2, 0) is 0 Å². The SMILES string of the molecule is O=C(Nc1ccc(I)cc1)c1cc(F)cc(Br)c1. The zero-order valence-corrected chi connectivity index (χ0v) is 12.8. The Kier molecular flexibility index (Phi) is 4.34. The first-order valence-electron chi connectivity index (χ1n) is 5.07. The Hall–Kier alpha value is -0.950. The maximum absolute atomic E-state index is 13.2. The highest BCUT2D eigenvalue weighted by Gasteiger charge is 2.08. The third-order valence-corrected chi connectivity index (χ3v) is 3.40. The van der Waals surface area contributed by atoms with Crippen LogP contribution in [0, 0.1) is 9.39 Å². The van der Waals surface area contributed by atoms with E-state index in [1.807, 2.05) is 12.1 Å². The Labute approximate surface area is 126 Å². The van der Waals surface area contributed by atoms with Crippen molar-refractivity contribution in [3.8, 4) is 0 Å². The van der Waals surface area contributed by atoms with Crippen molar-refractivity contribution in [3.05, 3.63) is 61.9 Å². The fourth-order valence-electron chi connectivity index (χ4n) is 1.42. The van der Waals surface area contributed by atoms with Gasteiger partial charge >= 0.3 is 0 Å². The van der Waals surface area contributed by atoms with Crippen LogP contribution in [0.3, 0.4) is 0 Å². The minimum Gasteiger partial charge on any atom is -0.322 e. The lowest BCUT2D eigenvalue weighted by atomic mass is 10.2. The zero-order valence-electron chi connectivity index (χ0n) is 9.08. The smallest absolute Gasteiger partial charge is 0.255 e. The Morgan fingerprint density at radius 3 is 2.44 bits per heavy atom. The maximum Gasteiger partial charge on any atom is 0.255 e. The number of carbonyl (C=O) groups excluding carboxylic acids is 1. The van der Waals surface area contributed by atoms with Gasteiger partial charge in [-0.3, -0.25) is 4.79 Å². The normalized spacial score (nSPS) is 10.2. The minimum absolute atomic E-state index is 0.278. The van der Waals surface area contributed by atoms with E-state index in [0.717, 1.165) is 3.57 Å². The lowest BCUT2D eigenvalue weighted by molar-refractivity contribution is 0.102. The van der Waals surface area contributed by atoms with Crippen molar-refractivity contribution in [2.45, 2.75) is 0 Å². The minimum atomic E-state index is -0.447. The molecule has 0 aliphatic heterocycles. The number of hydrogen-bond donors (Lipinski definition) is 1. The third kappa shape index (κ3) is 3.52. The van der Waals surface area contributed by atoms with Gasteiger partial charge in [-0.25, -0.2) is 4.39 Å². The van der Waals surface area contributed by atoms with Crippen LogP contribution in [0.5, 0.6) is 0 Å². The molecule has 2 aromatic carbocycles. The summed E-state index contributed by atoms with van der Waals surface area (Å²) in [5, 5.41) is 2.71. The molecule has 92 valence electrons. The lowest BCUT2D eigenvalue weighted by Crippen LogP contribution is -2.12. The summed E-state index contributed by atoms with van der Waals surface area (Å²) in [6.07, 6.45) is 0. The van der Waals surface area contributed by atoms with E-state index in [0.29, 0.717) is 10.2 Å². The molecule has 0 aromatic heterocycles. The highest BCUT2D eigenvalue weighted by atomic mass is 127. The molecular weight excluding hydrogens is 412 g/mol. The molecular formula is C13H8BrFINO. The van der Waals surface area contributed by atoms with E-state index in [1.165, 1.54) is 12.1 Å². The summed E-state index contributed by atoms with van der Waals surface area (Å²) in [6.45, 7) is 0. The predicted molar refractivity (Wildman–Crippen MR) is 81.2 cm³/mol. The first-order chi connectivity index (χ1) is 8.54. The Morgan fingerprint density at radius 2 is 1.83 bits per heavy atom. The van der Waals surface area contributed by atoms with E-state index in [2.05, 4.69) is 43.8 Å². The summed E-state index contributed by atoms with van der Waals surface area (Å²) >= 11 is 5.34. The number of anilines is 1. The first-order valence-corrected chi connectivity index (χ1v) is 6.95. The standard InChI is InChI=1S/C13H8BrFINO/c14-9-5-8(6-10(15)7-9)13(18)17-12-3-1-11(16)2-4-12/h1-7H,(H,17,18). The van der Waals surface area contributed by atoms with Crippen molar-refractivity contribution < 1.29 is 9.18 Å². The number of halogens is 3. The number of carbonyl (C=O) groups is 1. The molecule has 0 radical (unpaired) electrons. The second kappa shape index (κ2) is 5.79. The van der Waals surface area contributed by atoms with Gasteiger partial charge in [0.25, 0.3) is 5.91 Å². The molecule has 1 amide bonds. The van der Waals surface area contributed by atoms with E-state index >= 15 is 0 Å². The lowest BCUT2D eigenvalue weighted by Gasteiger charge is -2.06. The van der Waals surface area contributed by atoms with Gasteiger partial charge in [0.2, 0.25) is 0 Å². The second-order valence-corrected chi connectivity index (χ2v) is 5.78. The Balaban J connectivity index is 2.19. The van der Waals surface area contributed by atoms with E-state index in [-0.39, 0.29) is 11.5 Å². The fourth-order valence-corrected chi connectivity index (χ4v) is 2.25. The van der Waals surface area contributed by atoms with Crippen LogP contribution in [0.4, 0.5) is 10.1 Å². The highest BCUT2D eigenvalue weighted by molar-refractivity contribution is 14.1. The summed E-state index contributed by atoms with van der Waals surface area (Å²) in [5.41, 5.74) is 0.959. The molecule has 0 heterocycles. The topological polar surface area (TPSA) is 29.1 Å². The summed E-state index contributed by atoms with van der Waals surface area (Å²) in [5.74, 6) is -0.784. The van der Waals surface area contributed by atoms with Gasteiger partial charge in [0.05, 0.1) is 0 Å². The molecule has 0 saturated carbocycles. The van der Waals surface area contributed by atoms with E-state index < -0.39 is 5.82 Å². The highest BCUT2D eigenvalue weighted by Crippen LogP contribution is 2.17. The number of nitrogens with one attached hydrogen (secondary N) is 1. The molecule has 0 fully saturated rings. The van der Waals surface area contributed by atoms with Crippen molar-refractivity contribution in [1.29, 1.82) is 0 Å². The summed E-state index contributed by atoms with van der Waals surface area (Å²) in [4.78, 5) is 11.9. The van der Waals surface area contributed by atoms with Gasteiger partial charge < -0.3 is 5.32 Å². The molecule has 2 nitrogen and oxygen atoms in total. The quantitative estimate of drug-likeness (QED) is 0.716. The van der Waals surface area contributed by atoms with Crippen molar-refractivity contribution in [2.75, 3.05) is 5.32 Å². The Bertz CT molecular complexity index is 566. The largest absolute Gasteiger partial charge is 0.322 e. The molecule has 18 heavy (non-hydrogen) atoms. The molecule has 0 saturated heterocycles. The van der Waals surface area contributed by atoms with Crippen LogP contribution in [0.25, 0.3) is 0 Å². The van der Waals surface area contributed by atoms with E-state index in [1.54, 1.807) is 18.2 Å². The molecule has 0 spiro atoms. The summed E-state index contributed by atoms with van der Waals surface area (Å²) in [7, 11) is 0. The number of benzene rings is 2. The molecule has 2 aromatic rings. The van der Waals surface area contributed by atoms with Crippen molar-refractivity contribution in [3.63, 3.8) is 0 Å². The van der Waals surface area contributed by atoms with Crippen LogP contribution in [-0.4, -0.2) is 5.91 Å². The number of hydrogen-bond acceptors (Lipinski definition) is 1. The molecule has 5 heteroatoms.